The van der Waals surface area contributed by atoms with Crippen molar-refractivity contribution in [1.82, 2.24) is 9.80 Å². The molecule has 2 aromatic carbocycles. The van der Waals surface area contributed by atoms with Crippen molar-refractivity contribution in [3.63, 3.8) is 0 Å². The Morgan fingerprint density at radius 3 is 2.38 bits per heavy atom. The predicted molar refractivity (Wildman–Crippen MR) is 132 cm³/mol. The monoisotopic (exact) mass is 466 g/mol. The molecule has 1 fully saturated rings. The number of likely N-dealkylation sites (tertiary alicyclic amines) is 1. The molecule has 1 heterocycles. The topological polar surface area (TPSA) is 90.3 Å². The summed E-state index contributed by atoms with van der Waals surface area (Å²) in [4.78, 5) is 29.7. The lowest BCUT2D eigenvalue weighted by atomic mass is 9.93. The van der Waals surface area contributed by atoms with Crippen molar-refractivity contribution < 1.29 is 24.5 Å². The smallest absolute Gasteiger partial charge is 0.295 e. The van der Waals surface area contributed by atoms with Crippen LogP contribution in [0.25, 0.3) is 5.76 Å². The van der Waals surface area contributed by atoms with Gasteiger partial charge in [0.05, 0.1) is 18.2 Å². The Morgan fingerprint density at radius 2 is 1.79 bits per heavy atom. The van der Waals surface area contributed by atoms with E-state index in [9.17, 15) is 19.8 Å². The zero-order valence-electron chi connectivity index (χ0n) is 20.5. The lowest BCUT2D eigenvalue weighted by molar-refractivity contribution is -0.139. The van der Waals surface area contributed by atoms with Gasteiger partial charge < -0.3 is 24.7 Å². The molecule has 0 aromatic heterocycles. The minimum Gasteiger partial charge on any atom is -0.508 e. The minimum atomic E-state index is -0.737. The molecule has 1 amide bonds. The van der Waals surface area contributed by atoms with E-state index in [1.54, 1.807) is 24.3 Å². The molecule has 0 radical (unpaired) electrons. The Hall–Kier alpha value is -3.32. The first-order chi connectivity index (χ1) is 16.1. The van der Waals surface area contributed by atoms with Crippen LogP contribution in [0.15, 0.2) is 48.0 Å². The third-order valence-electron chi connectivity index (χ3n) is 5.79. The van der Waals surface area contributed by atoms with Crippen LogP contribution in [0.2, 0.25) is 0 Å². The lowest BCUT2D eigenvalue weighted by Crippen LogP contribution is -2.32. The first-order valence-electron chi connectivity index (χ1n) is 11.6. The molecule has 1 aliphatic rings. The molecular weight excluding hydrogens is 432 g/mol. The van der Waals surface area contributed by atoms with Crippen LogP contribution in [-0.2, 0) is 9.59 Å². The highest BCUT2D eigenvalue weighted by atomic mass is 16.5. The highest BCUT2D eigenvalue weighted by Gasteiger charge is 2.45. The van der Waals surface area contributed by atoms with Crippen molar-refractivity contribution in [3.05, 3.63) is 64.7 Å². The van der Waals surface area contributed by atoms with Gasteiger partial charge >= 0.3 is 0 Å². The number of phenols is 1. The Labute approximate surface area is 201 Å². The summed E-state index contributed by atoms with van der Waals surface area (Å²) in [6.07, 6.45) is 0.676. The summed E-state index contributed by atoms with van der Waals surface area (Å²) < 4.78 is 5.77. The first-order valence-corrected chi connectivity index (χ1v) is 11.6. The van der Waals surface area contributed by atoms with E-state index < -0.39 is 17.7 Å². The highest BCUT2D eigenvalue weighted by Crippen LogP contribution is 2.40. The summed E-state index contributed by atoms with van der Waals surface area (Å²) in [5.41, 5.74) is 1.92. The van der Waals surface area contributed by atoms with E-state index in [1.165, 1.54) is 17.0 Å². The number of carbonyl (C=O) groups is 2. The zero-order valence-corrected chi connectivity index (χ0v) is 20.5. The van der Waals surface area contributed by atoms with Crippen molar-refractivity contribution >= 4 is 17.4 Å². The van der Waals surface area contributed by atoms with Crippen LogP contribution in [0.3, 0.4) is 0 Å². The minimum absolute atomic E-state index is 0.0551. The summed E-state index contributed by atoms with van der Waals surface area (Å²) in [6.45, 7) is 7.65. The number of carbonyl (C=O) groups excluding carboxylic acids is 2. The molecule has 0 aliphatic carbocycles. The van der Waals surface area contributed by atoms with Crippen molar-refractivity contribution in [2.45, 2.75) is 33.2 Å². The molecule has 0 bridgehead atoms. The molecule has 7 nitrogen and oxygen atoms in total. The maximum Gasteiger partial charge on any atom is 0.295 e. The van der Waals surface area contributed by atoms with Crippen molar-refractivity contribution in [3.8, 4) is 11.5 Å². The molecular formula is C27H34N2O5. The van der Waals surface area contributed by atoms with E-state index in [0.717, 1.165) is 12.1 Å². The van der Waals surface area contributed by atoms with E-state index in [1.807, 2.05) is 32.0 Å². The molecule has 0 spiro atoms. The number of hydrogen-bond donors (Lipinski definition) is 2. The van der Waals surface area contributed by atoms with Crippen LogP contribution in [0.5, 0.6) is 11.5 Å². The molecule has 2 aromatic rings. The number of aliphatic hydroxyl groups excluding tert-OH is 1. The number of hydrogen-bond acceptors (Lipinski definition) is 6. The number of aliphatic hydroxyl groups is 1. The van der Waals surface area contributed by atoms with Gasteiger partial charge in [0.25, 0.3) is 11.7 Å². The second-order valence-electron chi connectivity index (χ2n) is 9.42. The second kappa shape index (κ2) is 10.7. The second-order valence-corrected chi connectivity index (χ2v) is 9.42. The van der Waals surface area contributed by atoms with Crippen molar-refractivity contribution in [2.24, 2.45) is 5.92 Å². The van der Waals surface area contributed by atoms with Crippen molar-refractivity contribution in [2.75, 3.05) is 33.8 Å². The number of Topliss-reactive ketones (excluding diaryl/α,β-unsaturated/α-hetero) is 1. The maximum absolute atomic E-state index is 13.1. The fourth-order valence-electron chi connectivity index (χ4n) is 4.07. The van der Waals surface area contributed by atoms with Gasteiger partial charge in [-0.25, -0.2) is 0 Å². The summed E-state index contributed by atoms with van der Waals surface area (Å²) in [5.74, 6) is -0.405. The molecule has 182 valence electrons. The van der Waals surface area contributed by atoms with Gasteiger partial charge in [-0.05, 0) is 81.4 Å². The average molecular weight is 467 g/mol. The maximum atomic E-state index is 13.1. The molecule has 1 aliphatic heterocycles. The Bertz CT molecular complexity index is 1070. The fourth-order valence-corrected chi connectivity index (χ4v) is 4.07. The number of benzene rings is 2. The molecule has 2 N–H and O–H groups in total. The van der Waals surface area contributed by atoms with E-state index in [2.05, 4.69) is 13.8 Å². The molecule has 0 unspecified atom stereocenters. The number of ketones is 1. The zero-order chi connectivity index (χ0) is 25.0. The highest BCUT2D eigenvalue weighted by molar-refractivity contribution is 6.46. The van der Waals surface area contributed by atoms with E-state index in [4.69, 9.17) is 4.74 Å². The van der Waals surface area contributed by atoms with Gasteiger partial charge in [-0.15, -0.1) is 0 Å². The van der Waals surface area contributed by atoms with Crippen molar-refractivity contribution in [1.29, 1.82) is 0 Å². The van der Waals surface area contributed by atoms with Gasteiger partial charge in [0, 0.05) is 12.1 Å². The standard InChI is InChI=1S/C27H34N2O5/c1-17(2)16-34-21-11-12-22(18(3)15-21)25(31)23-24(19-7-9-20(30)10-8-19)29(27(33)26(23)32)14-6-13-28(4)5/h7-12,15,17,24,30-31H,6,13-14,16H2,1-5H3/b25-23+/t24-/m1/s1. The quantitative estimate of drug-likeness (QED) is 0.328. The predicted octanol–water partition coefficient (Wildman–Crippen LogP) is 4.11. The fraction of sp³-hybridized carbons (Fsp3) is 0.407. The van der Waals surface area contributed by atoms with Gasteiger partial charge in [0.1, 0.15) is 17.3 Å². The largest absolute Gasteiger partial charge is 0.508 e. The van der Waals surface area contributed by atoms with Gasteiger partial charge in [0.2, 0.25) is 0 Å². The van der Waals surface area contributed by atoms with E-state index >= 15 is 0 Å². The number of aromatic hydroxyl groups is 1. The first kappa shape index (κ1) is 25.3. The van der Waals surface area contributed by atoms with E-state index in [0.29, 0.717) is 42.4 Å². The molecule has 1 saturated heterocycles. The number of nitrogens with zero attached hydrogens (tertiary/aromatic N) is 2. The molecule has 34 heavy (non-hydrogen) atoms. The number of phenolic OH excluding ortho intramolecular Hbond substituents is 1. The number of rotatable bonds is 9. The Morgan fingerprint density at radius 1 is 1.12 bits per heavy atom. The number of aryl methyl sites for hydroxylation is 1. The van der Waals surface area contributed by atoms with Crippen LogP contribution in [0, 0.1) is 12.8 Å². The Balaban J connectivity index is 2.04. The van der Waals surface area contributed by atoms with Crippen LogP contribution < -0.4 is 4.74 Å². The normalized spacial score (nSPS) is 17.7. The van der Waals surface area contributed by atoms with Gasteiger partial charge in [-0.2, -0.15) is 0 Å². The van der Waals surface area contributed by atoms with Crippen LogP contribution in [-0.4, -0.2) is 65.5 Å². The van der Waals surface area contributed by atoms with Crippen LogP contribution in [0.4, 0.5) is 0 Å². The summed E-state index contributed by atoms with van der Waals surface area (Å²) in [7, 11) is 3.89. The Kier molecular flexibility index (Phi) is 7.99. The molecule has 3 rings (SSSR count). The summed E-state index contributed by atoms with van der Waals surface area (Å²) in [5, 5.41) is 21.0. The van der Waals surface area contributed by atoms with Gasteiger partial charge in [-0.3, -0.25) is 9.59 Å². The van der Waals surface area contributed by atoms with Gasteiger partial charge in [0.15, 0.2) is 0 Å². The third kappa shape index (κ3) is 5.59. The SMILES string of the molecule is Cc1cc(OCC(C)C)ccc1/C(O)=C1\C(=O)C(=O)N(CCCN(C)C)[C@@H]1c1ccc(O)cc1. The van der Waals surface area contributed by atoms with E-state index in [-0.39, 0.29) is 17.1 Å². The van der Waals surface area contributed by atoms with Crippen LogP contribution in [0.1, 0.15) is 43.0 Å². The van der Waals surface area contributed by atoms with Crippen LogP contribution >= 0.6 is 0 Å². The molecule has 7 heteroatoms. The molecule has 0 saturated carbocycles. The van der Waals surface area contributed by atoms with Gasteiger partial charge in [-0.1, -0.05) is 26.0 Å². The number of ether oxygens (including phenoxy) is 1. The third-order valence-corrected chi connectivity index (χ3v) is 5.79. The average Bonchev–Trinajstić information content (AvgIpc) is 3.02. The molecule has 1 atom stereocenters. The number of amides is 1. The summed E-state index contributed by atoms with van der Waals surface area (Å²) >= 11 is 0. The summed E-state index contributed by atoms with van der Waals surface area (Å²) in [6, 6.07) is 10.9. The lowest BCUT2D eigenvalue weighted by Gasteiger charge is -2.26.